The molecule has 0 aliphatic rings. The highest BCUT2D eigenvalue weighted by molar-refractivity contribution is 6.48. The van der Waals surface area contributed by atoms with E-state index >= 15 is 0 Å². The van der Waals surface area contributed by atoms with Crippen molar-refractivity contribution in [1.29, 1.82) is 0 Å². The molecule has 0 aromatic heterocycles. The Labute approximate surface area is 70.0 Å². The van der Waals surface area contributed by atoms with Gasteiger partial charge in [-0.05, 0) is 33.9 Å². The van der Waals surface area contributed by atoms with Gasteiger partial charge in [-0.2, -0.15) is 0 Å². The molecule has 0 aromatic carbocycles. The number of Topliss-reactive ketones (excluding diaryl/α,β-unsaturated/α-hetero) is 1. The minimum atomic E-state index is -1.04. The Bertz CT molecular complexity index is 183. The van der Waals surface area contributed by atoms with Gasteiger partial charge in [0.1, 0.15) is 0 Å². The van der Waals surface area contributed by atoms with E-state index in [-0.39, 0.29) is 5.78 Å². The first kappa shape index (κ1) is 10.4. The van der Waals surface area contributed by atoms with Gasteiger partial charge in [0.2, 0.25) is 9.04 Å². The van der Waals surface area contributed by atoms with E-state index in [0.717, 1.165) is 11.3 Å². The molecule has 2 nitrogen and oxygen atoms in total. The first-order valence-electron chi connectivity index (χ1n) is 3.80. The Morgan fingerprint density at radius 3 is 1.91 bits per heavy atom. The van der Waals surface area contributed by atoms with Gasteiger partial charge in [0, 0.05) is 5.57 Å². The van der Waals surface area contributed by atoms with E-state index in [1.165, 1.54) is 0 Å². The van der Waals surface area contributed by atoms with Crippen LogP contribution in [0.3, 0.4) is 0 Å². The van der Waals surface area contributed by atoms with Gasteiger partial charge in [-0.15, -0.1) is 0 Å². The molecule has 64 valence electrons. The number of rotatable bonds is 3. The van der Waals surface area contributed by atoms with Crippen LogP contribution in [0.1, 0.15) is 20.8 Å². The molecule has 0 fully saturated rings. The second-order valence-electron chi connectivity index (χ2n) is 2.90. The summed E-state index contributed by atoms with van der Waals surface area (Å²) in [7, 11) is -1.04. The summed E-state index contributed by atoms with van der Waals surface area (Å²) >= 11 is 0. The summed E-state index contributed by atoms with van der Waals surface area (Å²) in [5.41, 5.74) is 0.742. The lowest BCUT2D eigenvalue weighted by Gasteiger charge is -2.11. The Kier molecular flexibility index (Phi) is 4.11. The highest BCUT2D eigenvalue weighted by Crippen LogP contribution is 2.07. The van der Waals surface area contributed by atoms with Crippen molar-refractivity contribution in [2.75, 3.05) is 0 Å². The van der Waals surface area contributed by atoms with Crippen LogP contribution in [0.15, 0.2) is 11.3 Å². The molecule has 11 heavy (non-hydrogen) atoms. The number of carbonyl (C=O) groups excluding carboxylic acids is 1. The zero-order valence-electron chi connectivity index (χ0n) is 7.89. The molecule has 0 bridgehead atoms. The Balaban J connectivity index is 4.28. The van der Waals surface area contributed by atoms with Gasteiger partial charge in [-0.1, -0.05) is 0 Å². The number of ketones is 1. The second-order valence-corrected chi connectivity index (χ2v) is 5.24. The summed E-state index contributed by atoms with van der Waals surface area (Å²) in [5.74, 6) is 0.885. The normalized spacial score (nSPS) is 12.9. The molecule has 0 radical (unpaired) electrons. The van der Waals surface area contributed by atoms with Crippen LogP contribution in [-0.4, -0.2) is 14.8 Å². The monoisotopic (exact) mass is 172 g/mol. The van der Waals surface area contributed by atoms with Crippen LogP contribution in [0.2, 0.25) is 13.1 Å². The van der Waals surface area contributed by atoms with Gasteiger partial charge in [0.05, 0.1) is 5.76 Å². The van der Waals surface area contributed by atoms with Crippen molar-refractivity contribution in [1.82, 2.24) is 0 Å². The van der Waals surface area contributed by atoms with E-state index in [0.29, 0.717) is 0 Å². The Hall–Kier alpha value is -0.573. The van der Waals surface area contributed by atoms with E-state index in [2.05, 4.69) is 13.1 Å². The van der Waals surface area contributed by atoms with Gasteiger partial charge < -0.3 is 4.43 Å². The van der Waals surface area contributed by atoms with Gasteiger partial charge in [0.15, 0.2) is 5.78 Å². The fourth-order valence-corrected chi connectivity index (χ4v) is 1.57. The van der Waals surface area contributed by atoms with Crippen molar-refractivity contribution in [3.8, 4) is 0 Å². The van der Waals surface area contributed by atoms with Crippen molar-refractivity contribution >= 4 is 14.8 Å². The quantitative estimate of drug-likeness (QED) is 0.369. The lowest BCUT2D eigenvalue weighted by Crippen LogP contribution is -2.08. The summed E-state index contributed by atoms with van der Waals surface area (Å²) in [6.45, 7) is 9.37. The predicted octanol–water partition coefficient (Wildman–Crippen LogP) is 1.87. The van der Waals surface area contributed by atoms with E-state index in [1.54, 1.807) is 13.8 Å². The molecule has 0 amide bonds. The van der Waals surface area contributed by atoms with Crippen LogP contribution >= 0.6 is 0 Å². The van der Waals surface area contributed by atoms with E-state index in [4.69, 9.17) is 4.43 Å². The lowest BCUT2D eigenvalue weighted by atomic mass is 10.2. The molecule has 0 saturated carbocycles. The average molecular weight is 172 g/mol. The first-order valence-corrected chi connectivity index (χ1v) is 6.58. The molecule has 0 saturated heterocycles. The minimum absolute atomic E-state index is 0.0946. The fraction of sp³-hybridized carbons (Fsp3) is 0.625. The van der Waals surface area contributed by atoms with Crippen molar-refractivity contribution in [2.24, 2.45) is 0 Å². The number of hydrogen-bond acceptors (Lipinski definition) is 2. The second kappa shape index (κ2) is 4.33. The van der Waals surface area contributed by atoms with E-state index in [9.17, 15) is 4.79 Å². The molecule has 0 rings (SSSR count). The summed E-state index contributed by atoms with van der Waals surface area (Å²) < 4.78 is 5.47. The molecular weight excluding hydrogens is 156 g/mol. The highest BCUT2D eigenvalue weighted by atomic mass is 28.3. The number of allylic oxidation sites excluding steroid dienone is 2. The fourth-order valence-electron chi connectivity index (χ4n) is 0.690. The SMILES string of the molecule is CC(=O)/C(C)=C(/C)O[SiH](C)C. The summed E-state index contributed by atoms with van der Waals surface area (Å²) in [6, 6.07) is 0. The Morgan fingerprint density at radius 2 is 1.64 bits per heavy atom. The first-order chi connectivity index (χ1) is 4.95. The van der Waals surface area contributed by atoms with Crippen molar-refractivity contribution in [2.45, 2.75) is 33.9 Å². The molecule has 0 aromatic rings. The average Bonchev–Trinajstić information content (AvgIpc) is 1.84. The maximum absolute atomic E-state index is 10.8. The smallest absolute Gasteiger partial charge is 0.229 e. The third-order valence-corrected chi connectivity index (χ3v) is 2.29. The summed E-state index contributed by atoms with van der Waals surface area (Å²) in [4.78, 5) is 10.8. The van der Waals surface area contributed by atoms with E-state index < -0.39 is 9.04 Å². The van der Waals surface area contributed by atoms with Crippen LogP contribution in [0, 0.1) is 0 Å². The zero-order chi connectivity index (χ0) is 9.02. The summed E-state index contributed by atoms with van der Waals surface area (Å²) in [6.07, 6.45) is 0. The molecule has 0 heterocycles. The lowest BCUT2D eigenvalue weighted by molar-refractivity contribution is -0.113. The Morgan fingerprint density at radius 1 is 1.18 bits per heavy atom. The van der Waals surface area contributed by atoms with Gasteiger partial charge in [0.25, 0.3) is 0 Å². The molecular formula is C8H16O2Si. The standard InChI is InChI=1S/C8H16O2Si/c1-6(7(2)9)8(3)10-11(4)5/h11H,1-5H3/b8-6-. The summed E-state index contributed by atoms with van der Waals surface area (Å²) in [5, 5.41) is 0. The third-order valence-electron chi connectivity index (χ3n) is 1.47. The van der Waals surface area contributed by atoms with Crippen molar-refractivity contribution < 1.29 is 9.22 Å². The number of hydrogen-bond donors (Lipinski definition) is 0. The molecule has 0 unspecified atom stereocenters. The molecule has 0 N–H and O–H groups in total. The molecule has 0 aliphatic heterocycles. The van der Waals surface area contributed by atoms with Gasteiger partial charge in [-0.3, -0.25) is 4.79 Å². The zero-order valence-corrected chi connectivity index (χ0v) is 9.05. The topological polar surface area (TPSA) is 26.3 Å². The number of carbonyl (C=O) groups is 1. The highest BCUT2D eigenvalue weighted by Gasteiger charge is 2.04. The maximum atomic E-state index is 10.8. The maximum Gasteiger partial charge on any atom is 0.229 e. The van der Waals surface area contributed by atoms with Crippen LogP contribution < -0.4 is 0 Å². The molecule has 0 spiro atoms. The molecule has 3 heteroatoms. The van der Waals surface area contributed by atoms with Crippen LogP contribution in [-0.2, 0) is 9.22 Å². The van der Waals surface area contributed by atoms with Crippen LogP contribution in [0.25, 0.3) is 0 Å². The predicted molar refractivity (Wildman–Crippen MR) is 49.0 cm³/mol. The molecule has 0 aliphatic carbocycles. The minimum Gasteiger partial charge on any atom is -0.550 e. The van der Waals surface area contributed by atoms with Gasteiger partial charge >= 0.3 is 0 Å². The van der Waals surface area contributed by atoms with Crippen LogP contribution in [0.5, 0.6) is 0 Å². The molecule has 0 atom stereocenters. The van der Waals surface area contributed by atoms with Crippen LogP contribution in [0.4, 0.5) is 0 Å². The van der Waals surface area contributed by atoms with Crippen molar-refractivity contribution in [3.63, 3.8) is 0 Å². The largest absolute Gasteiger partial charge is 0.550 e. The van der Waals surface area contributed by atoms with Gasteiger partial charge in [-0.25, -0.2) is 0 Å². The van der Waals surface area contributed by atoms with Crippen molar-refractivity contribution in [3.05, 3.63) is 11.3 Å². The third kappa shape index (κ3) is 3.98. The van der Waals surface area contributed by atoms with E-state index in [1.807, 2.05) is 6.92 Å².